The third kappa shape index (κ3) is 3.58. The molecular formula is C13H21NOS. The van der Waals surface area contributed by atoms with Crippen molar-refractivity contribution in [3.8, 4) is 0 Å². The lowest BCUT2D eigenvalue weighted by Gasteiger charge is -2.23. The van der Waals surface area contributed by atoms with Crippen LogP contribution in [0.2, 0.25) is 0 Å². The van der Waals surface area contributed by atoms with Gasteiger partial charge in [-0.3, -0.25) is 0 Å². The Labute approximate surface area is 102 Å². The molecule has 0 amide bonds. The summed E-state index contributed by atoms with van der Waals surface area (Å²) in [7, 11) is 0. The SMILES string of the molecule is C[C@@H](OCC[C@H]1CCCCN1)c1cccs1. The maximum absolute atomic E-state index is 5.86. The number of piperidine rings is 1. The van der Waals surface area contributed by atoms with Crippen LogP contribution in [0.3, 0.4) is 0 Å². The van der Waals surface area contributed by atoms with Crippen LogP contribution in [-0.4, -0.2) is 19.2 Å². The van der Waals surface area contributed by atoms with Crippen LogP contribution in [0.4, 0.5) is 0 Å². The van der Waals surface area contributed by atoms with Crippen LogP contribution in [0.5, 0.6) is 0 Å². The van der Waals surface area contributed by atoms with Gasteiger partial charge in [0, 0.05) is 17.5 Å². The molecule has 0 bridgehead atoms. The summed E-state index contributed by atoms with van der Waals surface area (Å²) < 4.78 is 5.86. The zero-order chi connectivity index (χ0) is 11.2. The topological polar surface area (TPSA) is 21.3 Å². The lowest BCUT2D eigenvalue weighted by atomic mass is 10.0. The van der Waals surface area contributed by atoms with Gasteiger partial charge in [0.2, 0.25) is 0 Å². The third-order valence-electron chi connectivity index (χ3n) is 3.19. The first-order valence-corrected chi connectivity index (χ1v) is 7.12. The van der Waals surface area contributed by atoms with Gasteiger partial charge in [-0.25, -0.2) is 0 Å². The molecule has 0 saturated carbocycles. The number of hydrogen-bond acceptors (Lipinski definition) is 3. The van der Waals surface area contributed by atoms with E-state index in [1.807, 2.05) is 0 Å². The van der Waals surface area contributed by atoms with E-state index in [0.717, 1.165) is 13.0 Å². The average Bonchev–Trinajstić information content (AvgIpc) is 2.84. The van der Waals surface area contributed by atoms with Crippen molar-refractivity contribution in [3.63, 3.8) is 0 Å². The monoisotopic (exact) mass is 239 g/mol. The summed E-state index contributed by atoms with van der Waals surface area (Å²) >= 11 is 1.78. The van der Waals surface area contributed by atoms with Gasteiger partial charge in [-0.05, 0) is 44.2 Å². The molecule has 2 nitrogen and oxygen atoms in total. The molecule has 1 fully saturated rings. The molecule has 2 rings (SSSR count). The number of nitrogens with one attached hydrogen (secondary N) is 1. The molecule has 0 unspecified atom stereocenters. The molecular weight excluding hydrogens is 218 g/mol. The number of thiophene rings is 1. The van der Waals surface area contributed by atoms with Crippen molar-refractivity contribution in [2.75, 3.05) is 13.2 Å². The number of hydrogen-bond donors (Lipinski definition) is 1. The van der Waals surface area contributed by atoms with Gasteiger partial charge in [0.25, 0.3) is 0 Å². The van der Waals surface area contributed by atoms with Gasteiger partial charge < -0.3 is 10.1 Å². The summed E-state index contributed by atoms with van der Waals surface area (Å²) in [5.74, 6) is 0. The normalized spacial score (nSPS) is 23.2. The average molecular weight is 239 g/mol. The second kappa shape index (κ2) is 6.38. The Morgan fingerprint density at radius 3 is 3.19 bits per heavy atom. The van der Waals surface area contributed by atoms with Gasteiger partial charge in [0.1, 0.15) is 0 Å². The zero-order valence-electron chi connectivity index (χ0n) is 9.95. The van der Waals surface area contributed by atoms with Crippen LogP contribution in [0.1, 0.15) is 43.6 Å². The third-order valence-corrected chi connectivity index (χ3v) is 4.22. The van der Waals surface area contributed by atoms with Crippen LogP contribution in [0.25, 0.3) is 0 Å². The first-order valence-electron chi connectivity index (χ1n) is 6.24. The number of ether oxygens (including phenoxy) is 1. The largest absolute Gasteiger partial charge is 0.373 e. The van der Waals surface area contributed by atoms with Crippen molar-refractivity contribution in [3.05, 3.63) is 22.4 Å². The minimum atomic E-state index is 0.253. The summed E-state index contributed by atoms with van der Waals surface area (Å²) in [6, 6.07) is 4.92. The Morgan fingerprint density at radius 1 is 1.56 bits per heavy atom. The summed E-state index contributed by atoms with van der Waals surface area (Å²) in [5.41, 5.74) is 0. The first-order chi connectivity index (χ1) is 7.86. The highest BCUT2D eigenvalue weighted by molar-refractivity contribution is 7.10. The van der Waals surface area contributed by atoms with E-state index in [9.17, 15) is 0 Å². The summed E-state index contributed by atoms with van der Waals surface area (Å²) in [6.45, 7) is 4.20. The maximum atomic E-state index is 5.86. The van der Waals surface area contributed by atoms with E-state index >= 15 is 0 Å². The molecule has 1 aliphatic heterocycles. The Morgan fingerprint density at radius 2 is 2.50 bits per heavy atom. The van der Waals surface area contributed by atoms with Crippen molar-refractivity contribution in [1.82, 2.24) is 5.32 Å². The molecule has 1 aliphatic rings. The lowest BCUT2D eigenvalue weighted by Crippen LogP contribution is -2.34. The van der Waals surface area contributed by atoms with Crippen molar-refractivity contribution < 1.29 is 4.74 Å². The smallest absolute Gasteiger partial charge is 0.0888 e. The molecule has 1 aromatic rings. The Bertz CT molecular complexity index is 280. The molecule has 1 N–H and O–H groups in total. The molecule has 1 aromatic heterocycles. The van der Waals surface area contributed by atoms with E-state index in [0.29, 0.717) is 6.04 Å². The molecule has 0 radical (unpaired) electrons. The minimum absolute atomic E-state index is 0.253. The Kier molecular flexibility index (Phi) is 4.82. The molecule has 1 saturated heterocycles. The second-order valence-corrected chi connectivity index (χ2v) is 5.44. The summed E-state index contributed by atoms with van der Waals surface area (Å²) in [5, 5.41) is 5.66. The molecule has 0 aliphatic carbocycles. The van der Waals surface area contributed by atoms with Crippen molar-refractivity contribution in [1.29, 1.82) is 0 Å². The van der Waals surface area contributed by atoms with Crippen molar-refractivity contribution in [2.24, 2.45) is 0 Å². The van der Waals surface area contributed by atoms with Crippen LogP contribution in [-0.2, 0) is 4.74 Å². The highest BCUT2D eigenvalue weighted by atomic mass is 32.1. The fourth-order valence-electron chi connectivity index (χ4n) is 2.16. The predicted molar refractivity (Wildman–Crippen MR) is 68.9 cm³/mol. The van der Waals surface area contributed by atoms with Crippen molar-refractivity contribution >= 4 is 11.3 Å². The van der Waals surface area contributed by atoms with Gasteiger partial charge in [-0.2, -0.15) is 0 Å². The predicted octanol–water partition coefficient (Wildman–Crippen LogP) is 3.36. The summed E-state index contributed by atoms with van der Waals surface area (Å²) in [4.78, 5) is 1.33. The zero-order valence-corrected chi connectivity index (χ0v) is 10.8. The first kappa shape index (κ1) is 12.1. The van der Waals surface area contributed by atoms with E-state index in [4.69, 9.17) is 4.74 Å². The van der Waals surface area contributed by atoms with E-state index < -0.39 is 0 Å². The second-order valence-electron chi connectivity index (χ2n) is 4.46. The van der Waals surface area contributed by atoms with E-state index in [2.05, 4.69) is 29.8 Å². The fourth-order valence-corrected chi connectivity index (χ4v) is 2.89. The molecule has 2 heterocycles. The number of rotatable bonds is 5. The molecule has 90 valence electrons. The summed E-state index contributed by atoms with van der Waals surface area (Å²) in [6.07, 6.45) is 5.43. The van der Waals surface area contributed by atoms with Crippen LogP contribution < -0.4 is 5.32 Å². The Hall–Kier alpha value is -0.380. The van der Waals surface area contributed by atoms with Gasteiger partial charge in [-0.1, -0.05) is 12.5 Å². The molecule has 2 atom stereocenters. The van der Waals surface area contributed by atoms with Crippen LogP contribution >= 0.6 is 11.3 Å². The van der Waals surface area contributed by atoms with E-state index in [1.54, 1.807) is 11.3 Å². The van der Waals surface area contributed by atoms with Gasteiger partial charge in [0.05, 0.1) is 6.10 Å². The van der Waals surface area contributed by atoms with Crippen LogP contribution in [0.15, 0.2) is 17.5 Å². The molecule has 0 aromatic carbocycles. The highest BCUT2D eigenvalue weighted by Gasteiger charge is 2.13. The highest BCUT2D eigenvalue weighted by Crippen LogP contribution is 2.22. The van der Waals surface area contributed by atoms with Gasteiger partial charge in [-0.15, -0.1) is 11.3 Å². The van der Waals surface area contributed by atoms with Gasteiger partial charge in [0.15, 0.2) is 0 Å². The standard InChI is InChI=1S/C13H21NOS/c1-11(13-6-4-10-16-13)15-9-7-12-5-2-3-8-14-12/h4,6,10-12,14H,2-3,5,7-9H2,1H3/t11-,12-/m1/s1. The quantitative estimate of drug-likeness (QED) is 0.850. The maximum Gasteiger partial charge on any atom is 0.0888 e. The Balaban J connectivity index is 1.63. The molecule has 3 heteroatoms. The minimum Gasteiger partial charge on any atom is -0.373 e. The van der Waals surface area contributed by atoms with Crippen LogP contribution in [0, 0.1) is 0 Å². The van der Waals surface area contributed by atoms with Gasteiger partial charge >= 0.3 is 0 Å². The van der Waals surface area contributed by atoms with E-state index in [1.165, 1.54) is 30.7 Å². The molecule has 0 spiro atoms. The van der Waals surface area contributed by atoms with E-state index in [-0.39, 0.29) is 6.10 Å². The molecule has 16 heavy (non-hydrogen) atoms. The lowest BCUT2D eigenvalue weighted by molar-refractivity contribution is 0.0595. The van der Waals surface area contributed by atoms with Crippen molar-refractivity contribution in [2.45, 2.75) is 44.8 Å². The fraction of sp³-hybridized carbons (Fsp3) is 0.692.